The number of amides is 1. The fraction of sp³-hybridized carbons (Fsp3) is 0.538. The SMILES string of the molecule is CS(=O)(=O)N(CCC(=O)NCc1ccccn1)C1CC1. The van der Waals surface area contributed by atoms with Gasteiger partial charge >= 0.3 is 0 Å². The predicted molar refractivity (Wildman–Crippen MR) is 75.3 cm³/mol. The van der Waals surface area contributed by atoms with Crippen LogP contribution in [0, 0.1) is 0 Å². The highest BCUT2D eigenvalue weighted by Crippen LogP contribution is 2.28. The largest absolute Gasteiger partial charge is 0.350 e. The van der Waals surface area contributed by atoms with Crippen LogP contribution in [0.3, 0.4) is 0 Å². The van der Waals surface area contributed by atoms with Gasteiger partial charge in [0.2, 0.25) is 15.9 Å². The van der Waals surface area contributed by atoms with Gasteiger partial charge in [0, 0.05) is 25.2 Å². The van der Waals surface area contributed by atoms with Crippen molar-refractivity contribution in [3.63, 3.8) is 0 Å². The van der Waals surface area contributed by atoms with E-state index in [9.17, 15) is 13.2 Å². The maximum atomic E-state index is 11.7. The third-order valence-electron chi connectivity index (χ3n) is 3.13. The van der Waals surface area contributed by atoms with Crippen LogP contribution in [-0.4, -0.2) is 42.5 Å². The molecule has 0 aromatic carbocycles. The predicted octanol–water partition coefficient (Wildman–Crippen LogP) is 0.512. The Morgan fingerprint density at radius 2 is 2.20 bits per heavy atom. The number of hydrogen-bond donors (Lipinski definition) is 1. The zero-order valence-corrected chi connectivity index (χ0v) is 12.3. The van der Waals surface area contributed by atoms with E-state index in [2.05, 4.69) is 10.3 Å². The van der Waals surface area contributed by atoms with E-state index in [1.807, 2.05) is 18.2 Å². The molecule has 0 radical (unpaired) electrons. The van der Waals surface area contributed by atoms with Crippen LogP contribution in [-0.2, 0) is 21.4 Å². The van der Waals surface area contributed by atoms with Gasteiger partial charge in [-0.05, 0) is 25.0 Å². The Morgan fingerprint density at radius 1 is 1.45 bits per heavy atom. The molecule has 1 aliphatic carbocycles. The Kier molecular flexibility index (Phi) is 4.72. The molecule has 0 unspecified atom stereocenters. The number of sulfonamides is 1. The van der Waals surface area contributed by atoms with Gasteiger partial charge in [0.05, 0.1) is 18.5 Å². The molecule has 1 aromatic rings. The number of aromatic nitrogens is 1. The molecule has 2 rings (SSSR count). The molecule has 0 aliphatic heterocycles. The number of pyridine rings is 1. The van der Waals surface area contributed by atoms with E-state index < -0.39 is 10.0 Å². The Hall–Kier alpha value is -1.47. The highest BCUT2D eigenvalue weighted by molar-refractivity contribution is 7.88. The molecule has 1 saturated carbocycles. The lowest BCUT2D eigenvalue weighted by Gasteiger charge is -2.18. The van der Waals surface area contributed by atoms with E-state index >= 15 is 0 Å². The van der Waals surface area contributed by atoms with Crippen molar-refractivity contribution in [2.45, 2.75) is 31.8 Å². The number of nitrogens with one attached hydrogen (secondary N) is 1. The van der Waals surface area contributed by atoms with Crippen molar-refractivity contribution in [3.8, 4) is 0 Å². The van der Waals surface area contributed by atoms with Crippen molar-refractivity contribution in [3.05, 3.63) is 30.1 Å². The van der Waals surface area contributed by atoms with Crippen LogP contribution in [0.15, 0.2) is 24.4 Å². The fourth-order valence-electron chi connectivity index (χ4n) is 1.97. The van der Waals surface area contributed by atoms with Crippen LogP contribution in [0.2, 0.25) is 0 Å². The minimum absolute atomic E-state index is 0.0913. The minimum Gasteiger partial charge on any atom is -0.350 e. The van der Waals surface area contributed by atoms with E-state index in [0.29, 0.717) is 6.54 Å². The summed E-state index contributed by atoms with van der Waals surface area (Å²) in [6.07, 6.45) is 4.82. The van der Waals surface area contributed by atoms with Crippen LogP contribution in [0.1, 0.15) is 25.0 Å². The molecule has 1 heterocycles. The molecule has 0 atom stereocenters. The molecule has 6 nitrogen and oxygen atoms in total. The lowest BCUT2D eigenvalue weighted by molar-refractivity contribution is -0.121. The third-order valence-corrected chi connectivity index (χ3v) is 4.46. The van der Waals surface area contributed by atoms with Crippen molar-refractivity contribution < 1.29 is 13.2 Å². The summed E-state index contributed by atoms with van der Waals surface area (Å²) in [6.45, 7) is 0.611. The van der Waals surface area contributed by atoms with Crippen molar-refractivity contribution >= 4 is 15.9 Å². The van der Waals surface area contributed by atoms with Gasteiger partial charge in [0.1, 0.15) is 0 Å². The summed E-state index contributed by atoms with van der Waals surface area (Å²) in [5.41, 5.74) is 0.781. The average molecular weight is 297 g/mol. The molecule has 110 valence electrons. The van der Waals surface area contributed by atoms with Crippen LogP contribution in [0.4, 0.5) is 0 Å². The Balaban J connectivity index is 1.77. The normalized spacial score (nSPS) is 15.3. The molecular formula is C13H19N3O3S. The molecule has 0 spiro atoms. The average Bonchev–Trinajstić information content (AvgIpc) is 3.21. The van der Waals surface area contributed by atoms with Gasteiger partial charge in [-0.15, -0.1) is 0 Å². The van der Waals surface area contributed by atoms with Crippen molar-refractivity contribution in [2.75, 3.05) is 12.8 Å². The zero-order chi connectivity index (χ0) is 14.6. The van der Waals surface area contributed by atoms with E-state index in [1.165, 1.54) is 10.6 Å². The van der Waals surface area contributed by atoms with Gasteiger partial charge in [-0.25, -0.2) is 8.42 Å². The molecule has 1 aliphatic rings. The molecule has 1 amide bonds. The number of rotatable bonds is 7. The molecular weight excluding hydrogens is 278 g/mol. The van der Waals surface area contributed by atoms with Crippen molar-refractivity contribution in [1.29, 1.82) is 0 Å². The first-order valence-corrected chi connectivity index (χ1v) is 8.45. The summed E-state index contributed by atoms with van der Waals surface area (Å²) in [5.74, 6) is -0.162. The molecule has 1 fully saturated rings. The second-order valence-electron chi connectivity index (χ2n) is 4.95. The highest BCUT2D eigenvalue weighted by atomic mass is 32.2. The van der Waals surface area contributed by atoms with Crippen molar-refractivity contribution in [2.24, 2.45) is 0 Å². The molecule has 0 bridgehead atoms. The summed E-state index contributed by atoms with van der Waals surface area (Å²) < 4.78 is 24.6. The number of carbonyl (C=O) groups is 1. The third kappa shape index (κ3) is 4.57. The Labute approximate surface area is 119 Å². The maximum absolute atomic E-state index is 11.7. The second kappa shape index (κ2) is 6.32. The van der Waals surface area contributed by atoms with Gasteiger partial charge in [-0.3, -0.25) is 9.78 Å². The number of nitrogens with zero attached hydrogens (tertiary/aromatic N) is 2. The molecule has 20 heavy (non-hydrogen) atoms. The Bertz CT molecular complexity index is 555. The van der Waals surface area contributed by atoms with Crippen LogP contribution in [0.5, 0.6) is 0 Å². The second-order valence-corrected chi connectivity index (χ2v) is 6.89. The van der Waals surface area contributed by atoms with Crippen LogP contribution < -0.4 is 5.32 Å². The first-order chi connectivity index (χ1) is 9.47. The lowest BCUT2D eigenvalue weighted by Crippen LogP contribution is -2.36. The van der Waals surface area contributed by atoms with Gasteiger partial charge < -0.3 is 5.32 Å². The molecule has 1 aromatic heterocycles. The topological polar surface area (TPSA) is 79.4 Å². The first-order valence-electron chi connectivity index (χ1n) is 6.60. The monoisotopic (exact) mass is 297 g/mol. The fourth-order valence-corrected chi connectivity index (χ4v) is 3.15. The summed E-state index contributed by atoms with van der Waals surface area (Å²) >= 11 is 0. The smallest absolute Gasteiger partial charge is 0.221 e. The Morgan fingerprint density at radius 3 is 2.75 bits per heavy atom. The maximum Gasteiger partial charge on any atom is 0.221 e. The van der Waals surface area contributed by atoms with E-state index in [1.54, 1.807) is 6.20 Å². The summed E-state index contributed by atoms with van der Waals surface area (Å²) in [5, 5.41) is 2.74. The summed E-state index contributed by atoms with van der Waals surface area (Å²) in [4.78, 5) is 15.8. The van der Waals surface area contributed by atoms with Gasteiger partial charge in [0.15, 0.2) is 0 Å². The molecule has 1 N–H and O–H groups in total. The van der Waals surface area contributed by atoms with Crippen LogP contribution in [0.25, 0.3) is 0 Å². The summed E-state index contributed by atoms with van der Waals surface area (Å²) in [7, 11) is -3.22. The van der Waals surface area contributed by atoms with Crippen LogP contribution >= 0.6 is 0 Å². The molecule has 0 saturated heterocycles. The first kappa shape index (κ1) is 14.9. The van der Waals surface area contributed by atoms with E-state index in [-0.39, 0.29) is 24.9 Å². The molecule has 7 heteroatoms. The lowest BCUT2D eigenvalue weighted by atomic mass is 10.3. The number of hydrogen-bond acceptors (Lipinski definition) is 4. The van der Waals surface area contributed by atoms with Gasteiger partial charge in [-0.1, -0.05) is 6.07 Å². The van der Waals surface area contributed by atoms with Gasteiger partial charge in [-0.2, -0.15) is 4.31 Å². The quantitative estimate of drug-likeness (QED) is 0.795. The highest BCUT2D eigenvalue weighted by Gasteiger charge is 2.34. The van der Waals surface area contributed by atoms with E-state index in [4.69, 9.17) is 0 Å². The van der Waals surface area contributed by atoms with Crippen molar-refractivity contribution in [1.82, 2.24) is 14.6 Å². The minimum atomic E-state index is -3.22. The van der Waals surface area contributed by atoms with E-state index in [0.717, 1.165) is 18.5 Å². The standard InChI is InChI=1S/C13H19N3O3S/c1-20(18,19)16(12-5-6-12)9-7-13(17)15-10-11-4-2-3-8-14-11/h2-4,8,12H,5-7,9-10H2,1H3,(H,15,17). The summed E-state index contributed by atoms with van der Waals surface area (Å²) in [6, 6.07) is 5.58. The number of carbonyl (C=O) groups excluding carboxylic acids is 1. The zero-order valence-electron chi connectivity index (χ0n) is 11.4. The van der Waals surface area contributed by atoms with Gasteiger partial charge in [0.25, 0.3) is 0 Å².